The Labute approximate surface area is 231 Å². The molecule has 0 radical (unpaired) electrons. The number of aromatic nitrogens is 1. The first-order valence-electron chi connectivity index (χ1n) is 14.1. The lowest BCUT2D eigenvalue weighted by Crippen LogP contribution is -2.46. The number of rotatable bonds is 7. The second-order valence-corrected chi connectivity index (χ2v) is 10.8. The molecule has 3 heterocycles. The van der Waals surface area contributed by atoms with E-state index in [1.54, 1.807) is 6.08 Å². The molecular weight excluding hydrogens is 484 g/mol. The van der Waals surface area contributed by atoms with Crippen molar-refractivity contribution in [2.24, 2.45) is 5.92 Å². The second kappa shape index (κ2) is 12.9. The Morgan fingerprint density at radius 3 is 2.44 bits per heavy atom. The van der Waals surface area contributed by atoms with Crippen molar-refractivity contribution >= 4 is 23.6 Å². The molecule has 6 nitrogen and oxygen atoms in total. The number of amides is 2. The van der Waals surface area contributed by atoms with Crippen molar-refractivity contribution in [3.05, 3.63) is 101 Å². The minimum Gasteiger partial charge on any atom is -0.342 e. The molecule has 5 rings (SSSR count). The van der Waals surface area contributed by atoms with Crippen molar-refractivity contribution in [3.8, 4) is 0 Å². The quantitative estimate of drug-likeness (QED) is 0.407. The molecule has 0 bridgehead atoms. The predicted molar refractivity (Wildman–Crippen MR) is 156 cm³/mol. The van der Waals surface area contributed by atoms with Gasteiger partial charge >= 0.3 is 0 Å². The molecule has 1 unspecified atom stereocenters. The summed E-state index contributed by atoms with van der Waals surface area (Å²) in [7, 11) is 0. The summed E-state index contributed by atoms with van der Waals surface area (Å²) < 4.78 is 0. The van der Waals surface area contributed by atoms with Crippen LogP contribution in [0.1, 0.15) is 54.1 Å². The number of anilines is 1. The van der Waals surface area contributed by atoms with Crippen LogP contribution in [0.3, 0.4) is 0 Å². The number of hydrogen-bond acceptors (Lipinski definition) is 4. The lowest BCUT2D eigenvalue weighted by atomic mass is 9.88. The molecule has 202 valence electrons. The SMILES string of the molecule is Cc1cccc(/C=C/C(=O)Nc2ccc(C3CCN(C(=O)C4CCCN(Cc5ccccc5)C4)CC3)cc2)n1. The van der Waals surface area contributed by atoms with Crippen LogP contribution in [0.5, 0.6) is 0 Å². The first-order chi connectivity index (χ1) is 19.0. The predicted octanol–water partition coefficient (Wildman–Crippen LogP) is 5.66. The Bertz CT molecular complexity index is 1280. The number of piperidine rings is 2. The number of nitrogens with one attached hydrogen (secondary N) is 1. The third-order valence-corrected chi connectivity index (χ3v) is 7.88. The Hall–Kier alpha value is -3.77. The fraction of sp³-hybridized carbons (Fsp3) is 0.364. The molecule has 1 aromatic heterocycles. The van der Waals surface area contributed by atoms with Crippen molar-refractivity contribution in [1.29, 1.82) is 0 Å². The molecule has 6 heteroatoms. The van der Waals surface area contributed by atoms with E-state index in [-0.39, 0.29) is 11.8 Å². The summed E-state index contributed by atoms with van der Waals surface area (Å²) in [5.41, 5.74) is 5.04. The number of carbonyl (C=O) groups excluding carboxylic acids is 2. The summed E-state index contributed by atoms with van der Waals surface area (Å²) in [4.78, 5) is 34.6. The van der Waals surface area contributed by atoms with Gasteiger partial charge in [-0.2, -0.15) is 0 Å². The smallest absolute Gasteiger partial charge is 0.248 e. The van der Waals surface area contributed by atoms with Crippen molar-refractivity contribution in [2.75, 3.05) is 31.5 Å². The summed E-state index contributed by atoms with van der Waals surface area (Å²) in [6.45, 7) is 6.40. The third-order valence-electron chi connectivity index (χ3n) is 7.88. The Kier molecular flexibility index (Phi) is 8.84. The lowest BCUT2D eigenvalue weighted by Gasteiger charge is -2.38. The molecule has 3 aromatic rings. The van der Waals surface area contributed by atoms with Crippen molar-refractivity contribution in [3.63, 3.8) is 0 Å². The van der Waals surface area contributed by atoms with E-state index in [2.05, 4.69) is 56.5 Å². The van der Waals surface area contributed by atoms with E-state index in [1.165, 1.54) is 17.2 Å². The van der Waals surface area contributed by atoms with Crippen LogP contribution < -0.4 is 5.32 Å². The molecule has 2 aliphatic heterocycles. The number of benzene rings is 2. The fourth-order valence-electron chi connectivity index (χ4n) is 5.77. The summed E-state index contributed by atoms with van der Waals surface area (Å²) in [5, 5.41) is 2.92. The van der Waals surface area contributed by atoms with E-state index in [9.17, 15) is 9.59 Å². The molecule has 39 heavy (non-hydrogen) atoms. The monoisotopic (exact) mass is 522 g/mol. The third kappa shape index (κ3) is 7.42. The highest BCUT2D eigenvalue weighted by atomic mass is 16.2. The van der Waals surface area contributed by atoms with Crippen LogP contribution in [0, 0.1) is 12.8 Å². The maximum atomic E-state index is 13.4. The number of pyridine rings is 1. The van der Waals surface area contributed by atoms with E-state index < -0.39 is 0 Å². The molecule has 0 aliphatic carbocycles. The zero-order chi connectivity index (χ0) is 27.0. The molecule has 1 atom stereocenters. The van der Waals surface area contributed by atoms with Gasteiger partial charge in [-0.15, -0.1) is 0 Å². The number of nitrogens with zero attached hydrogens (tertiary/aromatic N) is 3. The van der Waals surface area contributed by atoms with Gasteiger partial charge in [-0.1, -0.05) is 48.5 Å². The molecule has 2 fully saturated rings. The van der Waals surface area contributed by atoms with Gasteiger partial charge in [0.25, 0.3) is 0 Å². The largest absolute Gasteiger partial charge is 0.342 e. The Morgan fingerprint density at radius 2 is 1.69 bits per heavy atom. The van der Waals surface area contributed by atoms with Gasteiger partial charge in [-0.3, -0.25) is 19.5 Å². The molecule has 2 amide bonds. The average molecular weight is 523 g/mol. The summed E-state index contributed by atoms with van der Waals surface area (Å²) in [5.74, 6) is 0.700. The fourth-order valence-corrected chi connectivity index (χ4v) is 5.77. The topological polar surface area (TPSA) is 65.5 Å². The minimum atomic E-state index is -0.178. The zero-order valence-electron chi connectivity index (χ0n) is 22.8. The molecule has 0 saturated carbocycles. The summed E-state index contributed by atoms with van der Waals surface area (Å²) in [6.07, 6.45) is 7.26. The standard InChI is InChI=1S/C33H38N4O2/c1-25-7-5-11-30(34-25)16-17-32(38)35-31-14-12-27(13-15-31)28-18-21-37(22-19-28)33(39)29-10-6-20-36(24-29)23-26-8-3-2-4-9-26/h2-5,7-9,11-17,28-29H,6,10,18-24H2,1H3,(H,35,38)/b17-16+. The van der Waals surface area contributed by atoms with Gasteiger partial charge in [0.15, 0.2) is 0 Å². The van der Waals surface area contributed by atoms with E-state index in [4.69, 9.17) is 0 Å². The van der Waals surface area contributed by atoms with Crippen LogP contribution in [0.15, 0.2) is 78.9 Å². The van der Waals surface area contributed by atoms with Gasteiger partial charge in [0.05, 0.1) is 11.6 Å². The first-order valence-corrected chi connectivity index (χ1v) is 14.1. The number of hydrogen-bond donors (Lipinski definition) is 1. The van der Waals surface area contributed by atoms with Crippen LogP contribution in [0.2, 0.25) is 0 Å². The second-order valence-electron chi connectivity index (χ2n) is 10.8. The molecule has 2 aromatic carbocycles. The number of likely N-dealkylation sites (tertiary alicyclic amines) is 2. The van der Waals surface area contributed by atoms with Gasteiger partial charge in [0, 0.05) is 43.6 Å². The van der Waals surface area contributed by atoms with E-state index in [0.717, 1.165) is 75.5 Å². The highest BCUT2D eigenvalue weighted by molar-refractivity contribution is 6.01. The summed E-state index contributed by atoms with van der Waals surface area (Å²) >= 11 is 0. The summed E-state index contributed by atoms with van der Waals surface area (Å²) in [6, 6.07) is 24.4. The normalized spacial score (nSPS) is 18.8. The number of carbonyl (C=O) groups is 2. The highest BCUT2D eigenvalue weighted by Gasteiger charge is 2.31. The van der Waals surface area contributed by atoms with Crippen LogP contribution in [-0.4, -0.2) is 52.8 Å². The average Bonchev–Trinajstić information content (AvgIpc) is 2.97. The van der Waals surface area contributed by atoms with Gasteiger partial charge in [0.1, 0.15) is 0 Å². The van der Waals surface area contributed by atoms with E-state index >= 15 is 0 Å². The van der Waals surface area contributed by atoms with Crippen molar-refractivity contribution < 1.29 is 9.59 Å². The van der Waals surface area contributed by atoms with E-state index in [0.29, 0.717) is 11.8 Å². The molecular formula is C33H38N4O2. The molecule has 1 N–H and O–H groups in total. The molecule has 2 saturated heterocycles. The minimum absolute atomic E-state index is 0.109. The van der Waals surface area contributed by atoms with Crippen molar-refractivity contribution in [2.45, 2.75) is 45.1 Å². The lowest BCUT2D eigenvalue weighted by molar-refractivity contribution is -0.138. The van der Waals surface area contributed by atoms with Crippen LogP contribution in [0.4, 0.5) is 5.69 Å². The van der Waals surface area contributed by atoms with Gasteiger partial charge in [-0.25, -0.2) is 0 Å². The number of aryl methyl sites for hydroxylation is 1. The van der Waals surface area contributed by atoms with Gasteiger partial charge in [0.2, 0.25) is 11.8 Å². The van der Waals surface area contributed by atoms with Crippen LogP contribution in [0.25, 0.3) is 6.08 Å². The Balaban J connectivity index is 1.08. The maximum absolute atomic E-state index is 13.4. The van der Waals surface area contributed by atoms with E-state index in [1.807, 2.05) is 43.3 Å². The first kappa shape index (κ1) is 26.8. The van der Waals surface area contributed by atoms with Crippen LogP contribution in [-0.2, 0) is 16.1 Å². The molecule has 2 aliphatic rings. The van der Waals surface area contributed by atoms with Gasteiger partial charge < -0.3 is 10.2 Å². The van der Waals surface area contributed by atoms with Crippen LogP contribution >= 0.6 is 0 Å². The zero-order valence-corrected chi connectivity index (χ0v) is 22.8. The van der Waals surface area contributed by atoms with Gasteiger partial charge in [-0.05, 0) is 86.5 Å². The van der Waals surface area contributed by atoms with Crippen molar-refractivity contribution in [1.82, 2.24) is 14.8 Å². The Morgan fingerprint density at radius 1 is 0.923 bits per heavy atom. The highest BCUT2D eigenvalue weighted by Crippen LogP contribution is 2.30. The maximum Gasteiger partial charge on any atom is 0.248 e. The molecule has 0 spiro atoms.